The van der Waals surface area contributed by atoms with Crippen LogP contribution in [0.5, 0.6) is 0 Å². The summed E-state index contributed by atoms with van der Waals surface area (Å²) in [5, 5.41) is 8.15. The normalized spacial score (nSPS) is 11.2. The molecule has 14 heavy (non-hydrogen) atoms. The van der Waals surface area contributed by atoms with Gasteiger partial charge in [0.05, 0.1) is 6.20 Å². The second-order valence-electron chi connectivity index (χ2n) is 3.89. The molecule has 1 N–H and O–H groups in total. The van der Waals surface area contributed by atoms with Crippen molar-refractivity contribution in [2.24, 2.45) is 5.92 Å². The van der Waals surface area contributed by atoms with Crippen molar-refractivity contribution in [1.82, 2.24) is 15.1 Å². The first-order chi connectivity index (χ1) is 6.65. The summed E-state index contributed by atoms with van der Waals surface area (Å²) in [5.74, 6) is 0.574. The molecule has 4 heteroatoms. The summed E-state index contributed by atoms with van der Waals surface area (Å²) in [7, 11) is 1.94. The lowest BCUT2D eigenvalue weighted by Crippen LogP contribution is -2.10. The van der Waals surface area contributed by atoms with Crippen molar-refractivity contribution in [2.45, 2.75) is 26.8 Å². The van der Waals surface area contributed by atoms with Gasteiger partial charge in [0.1, 0.15) is 5.15 Å². The van der Waals surface area contributed by atoms with E-state index in [0.717, 1.165) is 30.2 Å². The van der Waals surface area contributed by atoms with Gasteiger partial charge in [-0.05, 0) is 25.9 Å². The van der Waals surface area contributed by atoms with Crippen LogP contribution >= 0.6 is 11.6 Å². The highest BCUT2D eigenvalue weighted by Crippen LogP contribution is 2.16. The van der Waals surface area contributed by atoms with Crippen LogP contribution in [0.25, 0.3) is 0 Å². The summed E-state index contributed by atoms with van der Waals surface area (Å²) in [6, 6.07) is 0. The van der Waals surface area contributed by atoms with Crippen LogP contribution in [0.15, 0.2) is 6.20 Å². The fraction of sp³-hybridized carbons (Fsp3) is 0.700. The Bertz CT molecular complexity index is 281. The largest absolute Gasteiger partial charge is 0.319 e. The molecule has 1 rings (SSSR count). The number of halogens is 1. The number of hydrogen-bond donors (Lipinski definition) is 1. The fourth-order valence-electron chi connectivity index (χ4n) is 1.31. The maximum absolute atomic E-state index is 6.18. The highest BCUT2D eigenvalue weighted by molar-refractivity contribution is 6.30. The number of aromatic nitrogens is 2. The summed E-state index contributed by atoms with van der Waals surface area (Å²) in [4.78, 5) is 0. The van der Waals surface area contributed by atoms with E-state index in [1.54, 1.807) is 0 Å². The van der Waals surface area contributed by atoms with E-state index < -0.39 is 0 Å². The Morgan fingerprint density at radius 1 is 1.57 bits per heavy atom. The van der Waals surface area contributed by atoms with E-state index in [0.29, 0.717) is 5.92 Å². The summed E-state index contributed by atoms with van der Waals surface area (Å²) in [5.41, 5.74) is 1.13. The van der Waals surface area contributed by atoms with E-state index in [2.05, 4.69) is 24.3 Å². The summed E-state index contributed by atoms with van der Waals surface area (Å²) in [6.07, 6.45) is 2.80. The standard InChI is InChI=1S/C10H18ClN3/c1-8(2)7-14-10(11)9(6-13-14)4-5-12-3/h6,8,12H,4-5,7H2,1-3H3. The Kier molecular flexibility index (Phi) is 4.42. The number of likely N-dealkylation sites (N-methyl/N-ethyl adjacent to an activating group) is 1. The number of rotatable bonds is 5. The second kappa shape index (κ2) is 5.37. The monoisotopic (exact) mass is 215 g/mol. The third-order valence-corrected chi connectivity index (χ3v) is 2.46. The molecule has 0 saturated heterocycles. The molecular weight excluding hydrogens is 198 g/mol. The molecule has 0 aromatic carbocycles. The molecule has 0 bridgehead atoms. The lowest BCUT2D eigenvalue weighted by Gasteiger charge is -2.06. The van der Waals surface area contributed by atoms with Crippen molar-refractivity contribution < 1.29 is 0 Å². The SMILES string of the molecule is CNCCc1cnn(CC(C)C)c1Cl. The average molecular weight is 216 g/mol. The van der Waals surface area contributed by atoms with Crippen LogP contribution in [-0.4, -0.2) is 23.4 Å². The molecule has 3 nitrogen and oxygen atoms in total. The maximum Gasteiger partial charge on any atom is 0.130 e. The van der Waals surface area contributed by atoms with Crippen molar-refractivity contribution in [3.63, 3.8) is 0 Å². The molecule has 1 aromatic heterocycles. The molecule has 0 saturated carbocycles. The molecule has 0 aliphatic carbocycles. The van der Waals surface area contributed by atoms with Gasteiger partial charge in [-0.15, -0.1) is 0 Å². The van der Waals surface area contributed by atoms with Gasteiger partial charge >= 0.3 is 0 Å². The summed E-state index contributed by atoms with van der Waals surface area (Å²) >= 11 is 6.18. The smallest absolute Gasteiger partial charge is 0.130 e. The molecule has 0 aliphatic heterocycles. The predicted molar refractivity (Wildman–Crippen MR) is 59.7 cm³/mol. The van der Waals surface area contributed by atoms with Gasteiger partial charge in [0, 0.05) is 12.1 Å². The Balaban J connectivity index is 2.65. The zero-order chi connectivity index (χ0) is 10.6. The second-order valence-corrected chi connectivity index (χ2v) is 4.25. The summed E-state index contributed by atoms with van der Waals surface area (Å²) < 4.78 is 1.87. The van der Waals surface area contributed by atoms with Gasteiger partial charge in [-0.3, -0.25) is 4.68 Å². The maximum atomic E-state index is 6.18. The van der Waals surface area contributed by atoms with E-state index in [-0.39, 0.29) is 0 Å². The highest BCUT2D eigenvalue weighted by Gasteiger charge is 2.08. The van der Waals surface area contributed by atoms with E-state index in [4.69, 9.17) is 11.6 Å². The first kappa shape index (κ1) is 11.5. The molecule has 80 valence electrons. The fourth-order valence-corrected chi connectivity index (χ4v) is 1.57. The highest BCUT2D eigenvalue weighted by atomic mass is 35.5. The lowest BCUT2D eigenvalue weighted by atomic mass is 10.2. The van der Waals surface area contributed by atoms with Crippen LogP contribution in [-0.2, 0) is 13.0 Å². The van der Waals surface area contributed by atoms with E-state index in [1.807, 2.05) is 17.9 Å². The topological polar surface area (TPSA) is 29.9 Å². The molecule has 1 heterocycles. The molecule has 0 aliphatic rings. The van der Waals surface area contributed by atoms with Crippen molar-refractivity contribution in [3.05, 3.63) is 16.9 Å². The van der Waals surface area contributed by atoms with Crippen molar-refractivity contribution in [2.75, 3.05) is 13.6 Å². The van der Waals surface area contributed by atoms with Crippen LogP contribution < -0.4 is 5.32 Å². The van der Waals surface area contributed by atoms with Gasteiger partial charge in [0.2, 0.25) is 0 Å². The first-order valence-corrected chi connectivity index (χ1v) is 5.37. The predicted octanol–water partition coefficient (Wildman–Crippen LogP) is 1.95. The quantitative estimate of drug-likeness (QED) is 0.814. The first-order valence-electron chi connectivity index (χ1n) is 5.00. The molecule has 0 spiro atoms. The Hall–Kier alpha value is -0.540. The van der Waals surface area contributed by atoms with E-state index >= 15 is 0 Å². The van der Waals surface area contributed by atoms with Crippen molar-refractivity contribution in [3.8, 4) is 0 Å². The van der Waals surface area contributed by atoms with Crippen LogP contribution in [0.2, 0.25) is 5.15 Å². The number of hydrogen-bond acceptors (Lipinski definition) is 2. The molecule has 0 amide bonds. The van der Waals surface area contributed by atoms with Gasteiger partial charge in [-0.1, -0.05) is 25.4 Å². The van der Waals surface area contributed by atoms with E-state index in [9.17, 15) is 0 Å². The summed E-state index contributed by atoms with van der Waals surface area (Å²) in [6.45, 7) is 6.14. The third-order valence-electron chi connectivity index (χ3n) is 2.03. The zero-order valence-electron chi connectivity index (χ0n) is 9.05. The molecular formula is C10H18ClN3. The number of nitrogens with zero attached hydrogens (tertiary/aromatic N) is 2. The van der Waals surface area contributed by atoms with Crippen molar-refractivity contribution in [1.29, 1.82) is 0 Å². The third kappa shape index (κ3) is 3.00. The minimum absolute atomic E-state index is 0.574. The number of nitrogens with one attached hydrogen (secondary N) is 1. The Labute approximate surface area is 90.4 Å². The van der Waals surface area contributed by atoms with Crippen LogP contribution in [0, 0.1) is 5.92 Å². The minimum atomic E-state index is 0.574. The molecule has 1 aromatic rings. The van der Waals surface area contributed by atoms with Gasteiger partial charge in [0.25, 0.3) is 0 Å². The molecule has 0 unspecified atom stereocenters. The van der Waals surface area contributed by atoms with Gasteiger partial charge in [0.15, 0.2) is 0 Å². The zero-order valence-corrected chi connectivity index (χ0v) is 9.80. The average Bonchev–Trinajstić information content (AvgIpc) is 2.45. The Morgan fingerprint density at radius 3 is 2.86 bits per heavy atom. The Morgan fingerprint density at radius 2 is 2.29 bits per heavy atom. The van der Waals surface area contributed by atoms with Gasteiger partial charge in [-0.2, -0.15) is 5.10 Å². The van der Waals surface area contributed by atoms with E-state index in [1.165, 1.54) is 0 Å². The van der Waals surface area contributed by atoms with Crippen LogP contribution in [0.1, 0.15) is 19.4 Å². The molecule has 0 atom stereocenters. The van der Waals surface area contributed by atoms with Crippen LogP contribution in [0.4, 0.5) is 0 Å². The minimum Gasteiger partial charge on any atom is -0.319 e. The molecule has 0 fully saturated rings. The van der Waals surface area contributed by atoms with Crippen molar-refractivity contribution >= 4 is 11.6 Å². The lowest BCUT2D eigenvalue weighted by molar-refractivity contribution is 0.483. The van der Waals surface area contributed by atoms with Gasteiger partial charge < -0.3 is 5.32 Å². The van der Waals surface area contributed by atoms with Crippen LogP contribution in [0.3, 0.4) is 0 Å². The van der Waals surface area contributed by atoms with Gasteiger partial charge in [-0.25, -0.2) is 0 Å². The molecule has 0 radical (unpaired) electrons.